The minimum Gasteiger partial charge on any atom is -0.430 e. The van der Waals surface area contributed by atoms with Gasteiger partial charge < -0.3 is 29.9 Å². The number of hydrogen-bond donors (Lipinski definition) is 4. The Morgan fingerprint density at radius 1 is 1.12 bits per heavy atom. The van der Waals surface area contributed by atoms with Crippen LogP contribution in [0.3, 0.4) is 0 Å². The zero-order chi connectivity index (χ0) is 19.0. The SMILES string of the molecule is CCCCCCCC(=O)OC1(C(C)CC)O[C@H](CO)[C@@H](O)[C@H](O)[C@H]1O. The summed E-state index contributed by atoms with van der Waals surface area (Å²) in [5.74, 6) is -2.72. The van der Waals surface area contributed by atoms with Crippen LogP contribution in [0.5, 0.6) is 0 Å². The van der Waals surface area contributed by atoms with E-state index in [2.05, 4.69) is 6.92 Å². The molecule has 2 unspecified atom stereocenters. The molecule has 0 aromatic heterocycles. The van der Waals surface area contributed by atoms with Gasteiger partial charge in [0.15, 0.2) is 0 Å². The molecule has 25 heavy (non-hydrogen) atoms. The summed E-state index contributed by atoms with van der Waals surface area (Å²) in [5, 5.41) is 39.9. The first-order valence-corrected chi connectivity index (χ1v) is 9.38. The van der Waals surface area contributed by atoms with Crippen molar-refractivity contribution in [1.82, 2.24) is 0 Å². The van der Waals surface area contributed by atoms with Crippen LogP contribution in [0.1, 0.15) is 65.7 Å². The van der Waals surface area contributed by atoms with Crippen LogP contribution in [0, 0.1) is 5.92 Å². The molecule has 0 aliphatic carbocycles. The molecular formula is C18H34O7. The molecule has 1 saturated heterocycles. The van der Waals surface area contributed by atoms with E-state index in [1.165, 1.54) is 0 Å². The van der Waals surface area contributed by atoms with Crippen LogP contribution in [0.2, 0.25) is 0 Å². The van der Waals surface area contributed by atoms with Crippen LogP contribution in [-0.4, -0.2) is 63.2 Å². The number of ether oxygens (including phenoxy) is 2. The Kier molecular flexibility index (Phi) is 9.30. The molecule has 0 spiro atoms. The fourth-order valence-corrected chi connectivity index (χ4v) is 3.15. The summed E-state index contributed by atoms with van der Waals surface area (Å²) in [6.07, 6.45) is -0.153. The lowest BCUT2D eigenvalue weighted by molar-refractivity contribution is -0.368. The summed E-state index contributed by atoms with van der Waals surface area (Å²) in [5.41, 5.74) is 0. The number of rotatable bonds is 10. The van der Waals surface area contributed by atoms with Crippen molar-refractivity contribution in [1.29, 1.82) is 0 Å². The van der Waals surface area contributed by atoms with Gasteiger partial charge >= 0.3 is 5.97 Å². The molecule has 1 fully saturated rings. The average molecular weight is 362 g/mol. The fraction of sp³-hybridized carbons (Fsp3) is 0.944. The molecular weight excluding hydrogens is 328 g/mol. The van der Waals surface area contributed by atoms with Gasteiger partial charge in [-0.1, -0.05) is 46.5 Å². The van der Waals surface area contributed by atoms with E-state index in [0.29, 0.717) is 12.8 Å². The van der Waals surface area contributed by atoms with Gasteiger partial charge in [-0.05, 0) is 12.8 Å². The predicted molar refractivity (Wildman–Crippen MR) is 91.6 cm³/mol. The first-order valence-electron chi connectivity index (χ1n) is 9.38. The number of unbranched alkanes of at least 4 members (excludes halogenated alkanes) is 4. The Morgan fingerprint density at radius 2 is 1.76 bits per heavy atom. The maximum absolute atomic E-state index is 12.3. The molecule has 7 heteroatoms. The van der Waals surface area contributed by atoms with Crippen molar-refractivity contribution in [2.45, 2.75) is 95.9 Å². The Bertz CT molecular complexity index is 401. The monoisotopic (exact) mass is 362 g/mol. The number of hydrogen-bond acceptors (Lipinski definition) is 7. The second-order valence-electron chi connectivity index (χ2n) is 6.93. The maximum Gasteiger partial charge on any atom is 0.308 e. The number of carbonyl (C=O) groups excluding carboxylic acids is 1. The molecule has 1 aliphatic rings. The number of carbonyl (C=O) groups is 1. The minimum absolute atomic E-state index is 0.195. The zero-order valence-corrected chi connectivity index (χ0v) is 15.6. The zero-order valence-electron chi connectivity index (χ0n) is 15.6. The molecule has 1 rings (SSSR count). The van der Waals surface area contributed by atoms with Crippen molar-refractivity contribution >= 4 is 5.97 Å². The smallest absolute Gasteiger partial charge is 0.308 e. The van der Waals surface area contributed by atoms with Gasteiger partial charge in [-0.3, -0.25) is 4.79 Å². The van der Waals surface area contributed by atoms with Gasteiger partial charge in [0, 0.05) is 12.3 Å². The molecule has 4 N–H and O–H groups in total. The first kappa shape index (κ1) is 22.3. The van der Waals surface area contributed by atoms with Gasteiger partial charge in [0.05, 0.1) is 6.61 Å². The molecule has 6 atom stereocenters. The summed E-state index contributed by atoms with van der Waals surface area (Å²) < 4.78 is 11.1. The molecule has 0 bridgehead atoms. The second kappa shape index (κ2) is 10.4. The van der Waals surface area contributed by atoms with E-state index in [4.69, 9.17) is 9.47 Å². The normalized spacial score (nSPS) is 33.9. The molecule has 7 nitrogen and oxygen atoms in total. The van der Waals surface area contributed by atoms with E-state index in [1.807, 2.05) is 6.92 Å². The highest BCUT2D eigenvalue weighted by molar-refractivity contribution is 5.69. The summed E-state index contributed by atoms with van der Waals surface area (Å²) in [7, 11) is 0. The van der Waals surface area contributed by atoms with E-state index in [0.717, 1.165) is 25.7 Å². The van der Waals surface area contributed by atoms with Gasteiger partial charge in [0.25, 0.3) is 0 Å². The first-order chi connectivity index (χ1) is 11.8. The largest absolute Gasteiger partial charge is 0.430 e. The van der Waals surface area contributed by atoms with E-state index in [-0.39, 0.29) is 6.42 Å². The Labute approximate surface area is 150 Å². The summed E-state index contributed by atoms with van der Waals surface area (Å²) in [4.78, 5) is 12.3. The van der Waals surface area contributed by atoms with Gasteiger partial charge in [-0.15, -0.1) is 0 Å². The highest BCUT2D eigenvalue weighted by Gasteiger charge is 2.58. The molecule has 148 valence electrons. The molecule has 0 aromatic rings. The van der Waals surface area contributed by atoms with Crippen molar-refractivity contribution in [3.8, 4) is 0 Å². The topological polar surface area (TPSA) is 116 Å². The van der Waals surface area contributed by atoms with E-state index >= 15 is 0 Å². The van der Waals surface area contributed by atoms with Crippen molar-refractivity contribution in [2.75, 3.05) is 6.61 Å². The summed E-state index contributed by atoms with van der Waals surface area (Å²) >= 11 is 0. The van der Waals surface area contributed by atoms with Crippen LogP contribution in [0.25, 0.3) is 0 Å². The van der Waals surface area contributed by atoms with Gasteiger partial charge in [-0.2, -0.15) is 0 Å². The number of aliphatic hydroxyl groups excluding tert-OH is 4. The number of esters is 1. The molecule has 0 aromatic carbocycles. The van der Waals surface area contributed by atoms with Crippen LogP contribution in [-0.2, 0) is 14.3 Å². The highest BCUT2D eigenvalue weighted by Crippen LogP contribution is 2.38. The van der Waals surface area contributed by atoms with Crippen molar-refractivity contribution in [3.63, 3.8) is 0 Å². The standard InChI is InChI=1S/C18H34O7/c1-4-6-7-8-9-10-14(20)25-18(12(3)5-2)17(23)16(22)15(21)13(11-19)24-18/h12-13,15-17,19,21-23H,4-11H2,1-3H3/t12?,13-,15-,16+,17-,18?/m1/s1. The minimum atomic E-state index is -1.78. The molecule has 1 heterocycles. The van der Waals surface area contributed by atoms with Crippen LogP contribution in [0.15, 0.2) is 0 Å². The van der Waals surface area contributed by atoms with Crippen LogP contribution in [0.4, 0.5) is 0 Å². The van der Waals surface area contributed by atoms with Gasteiger partial charge in [0.1, 0.15) is 24.4 Å². The van der Waals surface area contributed by atoms with Crippen LogP contribution < -0.4 is 0 Å². The Balaban J connectivity index is 2.82. The predicted octanol–water partition coefficient (Wildman–Crippen LogP) is 1.11. The quantitative estimate of drug-likeness (QED) is 0.340. The summed E-state index contributed by atoms with van der Waals surface area (Å²) in [6, 6.07) is 0. The molecule has 0 radical (unpaired) electrons. The third kappa shape index (κ3) is 5.37. The lowest BCUT2D eigenvalue weighted by Gasteiger charge is -2.50. The summed E-state index contributed by atoms with van der Waals surface area (Å²) in [6.45, 7) is 5.13. The third-order valence-corrected chi connectivity index (χ3v) is 5.04. The lowest BCUT2D eigenvalue weighted by atomic mass is 9.84. The Hall–Kier alpha value is -0.730. The Morgan fingerprint density at radius 3 is 2.32 bits per heavy atom. The maximum atomic E-state index is 12.3. The van der Waals surface area contributed by atoms with Crippen molar-refractivity contribution in [2.24, 2.45) is 5.92 Å². The van der Waals surface area contributed by atoms with Gasteiger partial charge in [-0.25, -0.2) is 0 Å². The van der Waals surface area contributed by atoms with E-state index < -0.39 is 48.7 Å². The highest BCUT2D eigenvalue weighted by atomic mass is 16.7. The van der Waals surface area contributed by atoms with Crippen LogP contribution >= 0.6 is 0 Å². The molecule has 1 aliphatic heterocycles. The fourth-order valence-electron chi connectivity index (χ4n) is 3.15. The molecule has 0 amide bonds. The van der Waals surface area contributed by atoms with E-state index in [9.17, 15) is 25.2 Å². The number of aliphatic hydroxyl groups is 4. The van der Waals surface area contributed by atoms with Crippen molar-refractivity contribution < 1.29 is 34.7 Å². The lowest BCUT2D eigenvalue weighted by Crippen LogP contribution is -2.68. The van der Waals surface area contributed by atoms with Gasteiger partial charge in [0.2, 0.25) is 5.79 Å². The van der Waals surface area contributed by atoms with Crippen molar-refractivity contribution in [3.05, 3.63) is 0 Å². The van der Waals surface area contributed by atoms with E-state index in [1.54, 1.807) is 6.92 Å². The molecule has 0 saturated carbocycles. The average Bonchev–Trinajstić information content (AvgIpc) is 2.61. The third-order valence-electron chi connectivity index (χ3n) is 5.04. The second-order valence-corrected chi connectivity index (χ2v) is 6.93.